The van der Waals surface area contributed by atoms with Gasteiger partial charge in [-0.05, 0) is 17.8 Å². The molecule has 0 aromatic rings. The van der Waals surface area contributed by atoms with Gasteiger partial charge in [0.15, 0.2) is 0 Å². The van der Waals surface area contributed by atoms with Gasteiger partial charge in [-0.2, -0.15) is 0 Å². The van der Waals surface area contributed by atoms with Crippen LogP contribution in [-0.4, -0.2) is 37.1 Å². The van der Waals surface area contributed by atoms with Crippen molar-refractivity contribution in [2.75, 3.05) is 26.2 Å². The zero-order valence-electron chi connectivity index (χ0n) is 14.0. The SMILES string of the molecule is CCCCCC(C)(C)CN1CCNC(C(C)CC)C1. The fourth-order valence-corrected chi connectivity index (χ4v) is 3.19. The molecule has 1 heterocycles. The van der Waals surface area contributed by atoms with E-state index in [9.17, 15) is 0 Å². The summed E-state index contributed by atoms with van der Waals surface area (Å²) in [6.45, 7) is 16.8. The summed E-state index contributed by atoms with van der Waals surface area (Å²) < 4.78 is 0. The second-order valence-corrected chi connectivity index (χ2v) is 7.30. The smallest absolute Gasteiger partial charge is 0.0221 e. The van der Waals surface area contributed by atoms with Gasteiger partial charge >= 0.3 is 0 Å². The first-order valence-corrected chi connectivity index (χ1v) is 8.44. The van der Waals surface area contributed by atoms with Crippen LogP contribution in [0.1, 0.15) is 66.7 Å². The van der Waals surface area contributed by atoms with E-state index in [2.05, 4.69) is 44.8 Å². The van der Waals surface area contributed by atoms with Gasteiger partial charge in [0.05, 0.1) is 0 Å². The van der Waals surface area contributed by atoms with Gasteiger partial charge in [-0.15, -0.1) is 0 Å². The lowest BCUT2D eigenvalue weighted by molar-refractivity contribution is 0.114. The molecule has 0 aliphatic carbocycles. The van der Waals surface area contributed by atoms with Crippen molar-refractivity contribution in [3.05, 3.63) is 0 Å². The molecule has 1 aliphatic rings. The Labute approximate surface area is 121 Å². The van der Waals surface area contributed by atoms with Crippen LogP contribution in [0.4, 0.5) is 0 Å². The summed E-state index contributed by atoms with van der Waals surface area (Å²) in [5.41, 5.74) is 0.479. The van der Waals surface area contributed by atoms with Gasteiger partial charge in [0.25, 0.3) is 0 Å². The zero-order chi connectivity index (χ0) is 14.3. The lowest BCUT2D eigenvalue weighted by Crippen LogP contribution is -2.54. The van der Waals surface area contributed by atoms with Gasteiger partial charge in [0, 0.05) is 32.2 Å². The molecule has 0 bridgehead atoms. The third-order valence-electron chi connectivity index (χ3n) is 4.73. The highest BCUT2D eigenvalue weighted by Crippen LogP contribution is 2.26. The molecule has 114 valence electrons. The molecule has 2 unspecified atom stereocenters. The summed E-state index contributed by atoms with van der Waals surface area (Å²) in [4.78, 5) is 2.69. The Morgan fingerprint density at radius 3 is 2.63 bits per heavy atom. The maximum Gasteiger partial charge on any atom is 0.0221 e. The molecule has 0 spiro atoms. The lowest BCUT2D eigenvalue weighted by atomic mass is 9.85. The summed E-state index contributed by atoms with van der Waals surface area (Å²) in [7, 11) is 0. The average Bonchev–Trinajstić information content (AvgIpc) is 2.37. The zero-order valence-corrected chi connectivity index (χ0v) is 14.0. The summed E-state index contributed by atoms with van der Waals surface area (Å²) in [6, 6.07) is 0.699. The number of rotatable bonds is 8. The van der Waals surface area contributed by atoms with E-state index in [0.717, 1.165) is 5.92 Å². The van der Waals surface area contributed by atoms with Crippen molar-refractivity contribution in [2.24, 2.45) is 11.3 Å². The van der Waals surface area contributed by atoms with Crippen molar-refractivity contribution in [2.45, 2.75) is 72.8 Å². The van der Waals surface area contributed by atoms with Gasteiger partial charge in [-0.3, -0.25) is 4.90 Å². The standard InChI is InChI=1S/C17H36N2/c1-6-8-9-10-17(4,5)14-19-12-11-18-16(13-19)15(3)7-2/h15-16,18H,6-14H2,1-5H3. The van der Waals surface area contributed by atoms with E-state index in [4.69, 9.17) is 0 Å². The number of piperazine rings is 1. The third-order valence-corrected chi connectivity index (χ3v) is 4.73. The molecule has 0 saturated carbocycles. The molecule has 1 N–H and O–H groups in total. The molecule has 0 radical (unpaired) electrons. The van der Waals surface area contributed by atoms with E-state index in [1.165, 1.54) is 58.3 Å². The average molecular weight is 268 g/mol. The predicted molar refractivity (Wildman–Crippen MR) is 85.6 cm³/mol. The first-order valence-electron chi connectivity index (χ1n) is 8.44. The van der Waals surface area contributed by atoms with E-state index < -0.39 is 0 Å². The molecule has 0 aromatic carbocycles. The van der Waals surface area contributed by atoms with Crippen LogP contribution in [0, 0.1) is 11.3 Å². The fourth-order valence-electron chi connectivity index (χ4n) is 3.19. The van der Waals surface area contributed by atoms with E-state index in [1.807, 2.05) is 0 Å². The number of hydrogen-bond acceptors (Lipinski definition) is 2. The molecule has 19 heavy (non-hydrogen) atoms. The van der Waals surface area contributed by atoms with E-state index in [1.54, 1.807) is 0 Å². The highest BCUT2D eigenvalue weighted by Gasteiger charge is 2.27. The molecule has 2 heteroatoms. The predicted octanol–water partition coefficient (Wildman–Crippen LogP) is 3.91. The molecule has 2 atom stereocenters. The van der Waals surface area contributed by atoms with E-state index in [0.29, 0.717) is 11.5 Å². The van der Waals surface area contributed by atoms with Crippen molar-refractivity contribution in [1.29, 1.82) is 0 Å². The summed E-state index contributed by atoms with van der Waals surface area (Å²) in [5.74, 6) is 0.797. The number of nitrogens with one attached hydrogen (secondary N) is 1. The minimum atomic E-state index is 0.479. The molecule has 2 nitrogen and oxygen atoms in total. The van der Waals surface area contributed by atoms with Crippen LogP contribution in [0.5, 0.6) is 0 Å². The first-order chi connectivity index (χ1) is 8.98. The van der Waals surface area contributed by atoms with Gasteiger partial charge in [0.2, 0.25) is 0 Å². The molecule has 1 aliphatic heterocycles. The second-order valence-electron chi connectivity index (χ2n) is 7.30. The van der Waals surface area contributed by atoms with Crippen LogP contribution in [0.15, 0.2) is 0 Å². The van der Waals surface area contributed by atoms with Crippen molar-refractivity contribution < 1.29 is 0 Å². The second kappa shape index (κ2) is 8.26. The molecule has 1 fully saturated rings. The van der Waals surface area contributed by atoms with Crippen LogP contribution >= 0.6 is 0 Å². The highest BCUT2D eigenvalue weighted by molar-refractivity contribution is 4.84. The normalized spacial score (nSPS) is 23.5. The van der Waals surface area contributed by atoms with Crippen molar-refractivity contribution >= 4 is 0 Å². The summed E-state index contributed by atoms with van der Waals surface area (Å²) >= 11 is 0. The Balaban J connectivity index is 2.38. The fraction of sp³-hybridized carbons (Fsp3) is 1.00. The van der Waals surface area contributed by atoms with Gasteiger partial charge in [0.1, 0.15) is 0 Å². The molecule has 1 rings (SSSR count). The molecular weight excluding hydrogens is 232 g/mol. The van der Waals surface area contributed by atoms with E-state index in [-0.39, 0.29) is 0 Å². The van der Waals surface area contributed by atoms with Crippen LogP contribution in [0.3, 0.4) is 0 Å². The summed E-state index contributed by atoms with van der Waals surface area (Å²) in [6.07, 6.45) is 6.77. The monoisotopic (exact) mass is 268 g/mol. The molecular formula is C17H36N2. The minimum Gasteiger partial charge on any atom is -0.311 e. The van der Waals surface area contributed by atoms with Crippen molar-refractivity contribution in [3.63, 3.8) is 0 Å². The summed E-state index contributed by atoms with van der Waals surface area (Å²) in [5, 5.41) is 3.70. The number of unbranched alkanes of at least 4 members (excludes halogenated alkanes) is 2. The number of nitrogens with zero attached hydrogens (tertiary/aromatic N) is 1. The Hall–Kier alpha value is -0.0800. The first kappa shape index (κ1) is 17.0. The number of hydrogen-bond donors (Lipinski definition) is 1. The largest absolute Gasteiger partial charge is 0.311 e. The maximum atomic E-state index is 3.70. The van der Waals surface area contributed by atoms with Crippen LogP contribution < -0.4 is 5.32 Å². The minimum absolute atomic E-state index is 0.479. The molecule has 1 saturated heterocycles. The molecule has 0 amide bonds. The van der Waals surface area contributed by atoms with Gasteiger partial charge in [-0.1, -0.05) is 60.3 Å². The Morgan fingerprint density at radius 1 is 1.26 bits per heavy atom. The Kier molecular flexibility index (Phi) is 7.38. The quantitative estimate of drug-likeness (QED) is 0.671. The third kappa shape index (κ3) is 6.27. The van der Waals surface area contributed by atoms with Crippen LogP contribution in [-0.2, 0) is 0 Å². The van der Waals surface area contributed by atoms with Crippen LogP contribution in [0.25, 0.3) is 0 Å². The Bertz CT molecular complexity index is 237. The van der Waals surface area contributed by atoms with Crippen molar-refractivity contribution in [3.8, 4) is 0 Å². The van der Waals surface area contributed by atoms with Gasteiger partial charge in [-0.25, -0.2) is 0 Å². The topological polar surface area (TPSA) is 15.3 Å². The van der Waals surface area contributed by atoms with E-state index >= 15 is 0 Å². The highest BCUT2D eigenvalue weighted by atomic mass is 15.2. The van der Waals surface area contributed by atoms with Crippen LogP contribution in [0.2, 0.25) is 0 Å². The Morgan fingerprint density at radius 2 is 2.00 bits per heavy atom. The van der Waals surface area contributed by atoms with Crippen molar-refractivity contribution in [1.82, 2.24) is 10.2 Å². The molecule has 0 aromatic heterocycles. The lowest BCUT2D eigenvalue weighted by Gasteiger charge is -2.40. The maximum absolute atomic E-state index is 3.70. The van der Waals surface area contributed by atoms with Gasteiger partial charge < -0.3 is 5.32 Å².